The molecule has 0 aliphatic heterocycles. The average Bonchev–Trinajstić information content (AvgIpc) is 2.83. The van der Waals surface area contributed by atoms with Gasteiger partial charge in [-0.3, -0.25) is 9.80 Å². The Morgan fingerprint density at radius 3 is 1.12 bits per heavy atom. The van der Waals surface area contributed by atoms with Gasteiger partial charge in [0.15, 0.2) is 0 Å². The van der Waals surface area contributed by atoms with Crippen LogP contribution in [0.4, 0.5) is 0 Å². The van der Waals surface area contributed by atoms with Crippen molar-refractivity contribution in [3.8, 4) is 11.5 Å². The molecule has 2 N–H and O–H groups in total. The lowest BCUT2D eigenvalue weighted by Crippen LogP contribution is -2.50. The maximum absolute atomic E-state index is 11.5. The minimum absolute atomic E-state index is 0.00408. The quantitative estimate of drug-likeness (QED) is 0.359. The summed E-state index contributed by atoms with van der Waals surface area (Å²) in [5, 5.41) is 23.0. The van der Waals surface area contributed by atoms with E-state index in [1.807, 2.05) is 0 Å². The van der Waals surface area contributed by atoms with Gasteiger partial charge in [0, 0.05) is 36.3 Å². The van der Waals surface area contributed by atoms with Crippen LogP contribution in [-0.2, 0) is 34.7 Å². The van der Waals surface area contributed by atoms with E-state index in [0.29, 0.717) is 36.7 Å². The predicted octanol–water partition coefficient (Wildman–Crippen LogP) is 9.16. The molecule has 2 atom stereocenters. The number of hydrogen-bond donors (Lipinski definition) is 2. The van der Waals surface area contributed by atoms with E-state index in [4.69, 9.17) is 0 Å². The van der Waals surface area contributed by atoms with Crippen molar-refractivity contribution in [1.29, 1.82) is 0 Å². The van der Waals surface area contributed by atoms with Gasteiger partial charge in [0.25, 0.3) is 0 Å². The van der Waals surface area contributed by atoms with Gasteiger partial charge < -0.3 is 10.2 Å². The molecule has 1 aliphatic carbocycles. The molecule has 0 saturated heterocycles. The lowest BCUT2D eigenvalue weighted by atomic mass is 9.78. The smallest absolute Gasteiger partial charge is 0.123 e. The molecule has 1 aliphatic rings. The van der Waals surface area contributed by atoms with Gasteiger partial charge in [-0.05, 0) is 70.9 Å². The number of likely N-dealkylation sites (N-methyl/N-ethyl adjacent to an activating group) is 2. The Kier molecular flexibility index (Phi) is 9.97. The fourth-order valence-corrected chi connectivity index (χ4v) is 6.53. The monoisotopic (exact) mass is 578 g/mol. The molecule has 42 heavy (non-hydrogen) atoms. The van der Waals surface area contributed by atoms with Crippen molar-refractivity contribution in [2.75, 3.05) is 14.1 Å². The third kappa shape index (κ3) is 7.91. The van der Waals surface area contributed by atoms with Crippen molar-refractivity contribution >= 4 is 0 Å². The molecule has 0 amide bonds. The molecule has 2 aromatic carbocycles. The van der Waals surface area contributed by atoms with Gasteiger partial charge in [-0.15, -0.1) is 0 Å². The van der Waals surface area contributed by atoms with Crippen LogP contribution in [0.1, 0.15) is 142 Å². The highest BCUT2D eigenvalue weighted by molar-refractivity contribution is 5.50. The van der Waals surface area contributed by atoms with Crippen LogP contribution in [0.3, 0.4) is 0 Å². The van der Waals surface area contributed by atoms with E-state index >= 15 is 0 Å². The Morgan fingerprint density at radius 2 is 0.857 bits per heavy atom. The van der Waals surface area contributed by atoms with E-state index in [0.717, 1.165) is 35.1 Å². The van der Waals surface area contributed by atoms with Crippen molar-refractivity contribution in [1.82, 2.24) is 9.80 Å². The minimum atomic E-state index is -0.137. The first kappa shape index (κ1) is 34.5. The molecule has 0 radical (unpaired) electrons. The molecular formula is C38H62N2O2. The number of aromatic hydroxyl groups is 2. The molecule has 1 fully saturated rings. The van der Waals surface area contributed by atoms with Gasteiger partial charge in [-0.25, -0.2) is 0 Å². The Morgan fingerprint density at radius 1 is 0.548 bits per heavy atom. The summed E-state index contributed by atoms with van der Waals surface area (Å²) < 4.78 is 0. The van der Waals surface area contributed by atoms with E-state index in [1.54, 1.807) is 0 Å². The van der Waals surface area contributed by atoms with Gasteiger partial charge >= 0.3 is 0 Å². The van der Waals surface area contributed by atoms with Crippen LogP contribution in [0.15, 0.2) is 24.3 Å². The van der Waals surface area contributed by atoms with Gasteiger partial charge in [0.05, 0.1) is 0 Å². The zero-order chi connectivity index (χ0) is 32.0. The van der Waals surface area contributed by atoms with E-state index < -0.39 is 0 Å². The maximum Gasteiger partial charge on any atom is 0.123 e. The molecular weight excluding hydrogens is 516 g/mol. The molecule has 0 aromatic heterocycles. The molecule has 0 heterocycles. The van der Waals surface area contributed by atoms with Gasteiger partial charge in [-0.2, -0.15) is 0 Å². The molecule has 1 saturated carbocycles. The summed E-state index contributed by atoms with van der Waals surface area (Å²) in [6.07, 6.45) is 4.72. The van der Waals surface area contributed by atoms with Crippen LogP contribution < -0.4 is 0 Å². The van der Waals surface area contributed by atoms with Crippen molar-refractivity contribution in [2.45, 2.75) is 156 Å². The largest absolute Gasteiger partial charge is 0.507 e. The summed E-state index contributed by atoms with van der Waals surface area (Å²) in [7, 11) is 4.46. The Bertz CT molecular complexity index is 1140. The summed E-state index contributed by atoms with van der Waals surface area (Å²) in [5.74, 6) is 0.892. The van der Waals surface area contributed by atoms with E-state index in [1.165, 1.54) is 24.0 Å². The van der Waals surface area contributed by atoms with Crippen molar-refractivity contribution in [3.05, 3.63) is 57.6 Å². The van der Waals surface area contributed by atoms with Crippen LogP contribution in [0.5, 0.6) is 11.5 Å². The zero-order valence-corrected chi connectivity index (χ0v) is 29.5. The first-order valence-electron chi connectivity index (χ1n) is 16.2. The highest BCUT2D eigenvalue weighted by Gasteiger charge is 2.34. The number of benzene rings is 2. The topological polar surface area (TPSA) is 46.9 Å². The van der Waals surface area contributed by atoms with Crippen LogP contribution in [0.2, 0.25) is 0 Å². The molecule has 0 spiro atoms. The average molecular weight is 579 g/mol. The molecule has 4 heteroatoms. The van der Waals surface area contributed by atoms with Crippen LogP contribution in [-0.4, -0.2) is 46.2 Å². The lowest BCUT2D eigenvalue weighted by molar-refractivity contribution is 0.0684. The number of rotatable bonds is 6. The van der Waals surface area contributed by atoms with Crippen LogP contribution in [0, 0.1) is 0 Å². The highest BCUT2D eigenvalue weighted by Crippen LogP contribution is 2.41. The van der Waals surface area contributed by atoms with Gasteiger partial charge in [0.2, 0.25) is 0 Å². The SMILES string of the molecule is CN(Cc1cc(C(C)(C)C)cc(C(C)(C)C)c1O)[C@H]1CCCC[C@@H]1N(C)Cc1cc(C(C)(C)C)cc(C(C)(C)C)c1O. The molecule has 0 bridgehead atoms. The van der Waals surface area contributed by atoms with Gasteiger partial charge in [0.1, 0.15) is 11.5 Å². The Hall–Kier alpha value is -2.04. The molecule has 0 unspecified atom stereocenters. The first-order valence-corrected chi connectivity index (χ1v) is 16.2. The van der Waals surface area contributed by atoms with E-state index in [9.17, 15) is 10.2 Å². The summed E-state index contributed by atoms with van der Waals surface area (Å²) in [6, 6.07) is 9.61. The van der Waals surface area contributed by atoms with Crippen LogP contribution in [0.25, 0.3) is 0 Å². The predicted molar refractivity (Wildman–Crippen MR) is 180 cm³/mol. The van der Waals surface area contributed by atoms with Crippen molar-refractivity contribution < 1.29 is 10.2 Å². The minimum Gasteiger partial charge on any atom is -0.507 e. The van der Waals surface area contributed by atoms with E-state index in [2.05, 4.69) is 131 Å². The Balaban J connectivity index is 1.95. The number of phenolic OH excluding ortho intramolecular Hbond substituents is 2. The second-order valence-corrected chi connectivity index (χ2v) is 17.3. The number of phenols is 2. The summed E-state index contributed by atoms with van der Waals surface area (Å²) in [5.41, 5.74) is 6.38. The second-order valence-electron chi connectivity index (χ2n) is 17.3. The van der Waals surface area contributed by atoms with Gasteiger partial charge in [-0.1, -0.05) is 120 Å². The normalized spacial score (nSPS) is 19.1. The third-order valence-electron chi connectivity index (χ3n) is 9.39. The molecule has 2 aromatic rings. The third-order valence-corrected chi connectivity index (χ3v) is 9.39. The van der Waals surface area contributed by atoms with E-state index in [-0.39, 0.29) is 21.7 Å². The maximum atomic E-state index is 11.5. The fourth-order valence-electron chi connectivity index (χ4n) is 6.53. The fraction of sp³-hybridized carbons (Fsp3) is 0.684. The molecule has 4 nitrogen and oxygen atoms in total. The Labute approximate surface area is 258 Å². The molecule has 236 valence electrons. The van der Waals surface area contributed by atoms with Crippen molar-refractivity contribution in [3.63, 3.8) is 0 Å². The zero-order valence-electron chi connectivity index (χ0n) is 29.5. The number of nitrogens with zero attached hydrogens (tertiary/aromatic N) is 2. The van der Waals surface area contributed by atoms with Crippen LogP contribution >= 0.6 is 0 Å². The summed E-state index contributed by atoms with van der Waals surface area (Å²) in [6.45, 7) is 28.0. The standard InChI is InChI=1S/C38H62N2O2/c1-35(2,3)27-19-25(33(41)29(21-27)37(7,8)9)23-39(13)31-17-15-16-18-32(31)40(14)24-26-20-28(36(4,5)6)22-30(34(26)42)38(10,11)12/h19-22,31-32,41-42H,15-18,23-24H2,1-14H3/t31-,32-/m0/s1. The summed E-state index contributed by atoms with van der Waals surface area (Å²) in [4.78, 5) is 4.94. The number of hydrogen-bond acceptors (Lipinski definition) is 4. The second kappa shape index (κ2) is 12.2. The summed E-state index contributed by atoms with van der Waals surface area (Å²) >= 11 is 0. The highest BCUT2D eigenvalue weighted by atomic mass is 16.3. The molecule has 3 rings (SSSR count). The lowest BCUT2D eigenvalue weighted by Gasteiger charge is -2.43. The first-order chi connectivity index (χ1) is 19.0. The van der Waals surface area contributed by atoms with Crippen molar-refractivity contribution in [2.24, 2.45) is 0 Å².